The molecule has 0 fully saturated rings. The number of ether oxygens (including phenoxy) is 2. The number of hydrogen-bond acceptors (Lipinski definition) is 7. The average Bonchev–Trinajstić information content (AvgIpc) is 3.33. The fourth-order valence-electron chi connectivity index (χ4n) is 3.15. The van der Waals surface area contributed by atoms with Gasteiger partial charge in [0.2, 0.25) is 5.76 Å². The highest BCUT2D eigenvalue weighted by molar-refractivity contribution is 6.00. The molecule has 0 unspecified atom stereocenters. The molecule has 10 nitrogen and oxygen atoms in total. The minimum absolute atomic E-state index is 0.120. The van der Waals surface area contributed by atoms with Gasteiger partial charge in [0.1, 0.15) is 11.7 Å². The fourth-order valence-corrected chi connectivity index (χ4v) is 3.15. The van der Waals surface area contributed by atoms with Crippen molar-refractivity contribution in [2.75, 3.05) is 17.7 Å². The number of urea groups is 1. The molecule has 3 rings (SSSR count). The van der Waals surface area contributed by atoms with Crippen molar-refractivity contribution in [1.29, 1.82) is 0 Å². The Morgan fingerprint density at radius 1 is 1.00 bits per heavy atom. The highest BCUT2D eigenvalue weighted by atomic mass is 19.4. The first-order valence-corrected chi connectivity index (χ1v) is 10.9. The number of carbonyl (C=O) groups is 3. The molecule has 3 aromatic rings. The zero-order valence-corrected chi connectivity index (χ0v) is 19.9. The fraction of sp³-hybridized carbons (Fsp3) is 0.250. The molecule has 196 valence electrons. The van der Waals surface area contributed by atoms with Crippen molar-refractivity contribution in [1.82, 2.24) is 10.5 Å². The molecule has 0 saturated carbocycles. The van der Waals surface area contributed by atoms with Gasteiger partial charge in [-0.05, 0) is 30.2 Å². The number of aromatic nitrogens is 1. The molecule has 0 bridgehead atoms. The monoisotopic (exact) mass is 520 g/mol. The Bertz CT molecular complexity index is 1260. The number of halogens is 3. The molecule has 2 aromatic carbocycles. The van der Waals surface area contributed by atoms with Crippen molar-refractivity contribution in [2.45, 2.75) is 26.3 Å². The lowest BCUT2D eigenvalue weighted by Crippen LogP contribution is -2.44. The van der Waals surface area contributed by atoms with Crippen LogP contribution in [0.2, 0.25) is 0 Å². The number of rotatable bonds is 8. The Morgan fingerprint density at radius 3 is 2.30 bits per heavy atom. The van der Waals surface area contributed by atoms with Gasteiger partial charge in [0, 0.05) is 17.3 Å². The average molecular weight is 520 g/mol. The SMILES string of the molecule is COC(=O)[C@@H](NC(=O)c1cc(-c2ccc(NC(=O)Nc3ccccc3OC(F)(F)F)cc2)no1)C(C)C. The van der Waals surface area contributed by atoms with Gasteiger partial charge in [-0.15, -0.1) is 13.2 Å². The number of methoxy groups -OCH3 is 1. The summed E-state index contributed by atoms with van der Waals surface area (Å²) in [5.41, 5.74) is 1.02. The quantitative estimate of drug-likeness (QED) is 0.363. The zero-order valence-electron chi connectivity index (χ0n) is 19.9. The van der Waals surface area contributed by atoms with Gasteiger partial charge < -0.3 is 29.9 Å². The molecule has 1 heterocycles. The molecule has 1 atom stereocenters. The third-order valence-electron chi connectivity index (χ3n) is 4.94. The number of carbonyl (C=O) groups excluding carboxylic acids is 3. The van der Waals surface area contributed by atoms with E-state index in [1.54, 1.807) is 26.0 Å². The van der Waals surface area contributed by atoms with Crippen LogP contribution >= 0.6 is 0 Å². The number of alkyl halides is 3. The second-order valence-corrected chi connectivity index (χ2v) is 8.00. The number of esters is 1. The Morgan fingerprint density at radius 2 is 1.68 bits per heavy atom. The van der Waals surface area contributed by atoms with Crippen molar-refractivity contribution in [3.63, 3.8) is 0 Å². The summed E-state index contributed by atoms with van der Waals surface area (Å²) in [4.78, 5) is 36.6. The first kappa shape index (κ1) is 27.0. The summed E-state index contributed by atoms with van der Waals surface area (Å²) in [5, 5.41) is 11.2. The van der Waals surface area contributed by atoms with E-state index in [9.17, 15) is 27.6 Å². The van der Waals surface area contributed by atoms with Gasteiger partial charge in [0.15, 0.2) is 5.75 Å². The number of nitrogens with zero attached hydrogens (tertiary/aromatic N) is 1. The maximum atomic E-state index is 12.6. The Kier molecular flexibility index (Phi) is 8.37. The first-order valence-electron chi connectivity index (χ1n) is 10.9. The number of anilines is 2. The molecule has 0 aliphatic rings. The van der Waals surface area contributed by atoms with E-state index >= 15 is 0 Å². The Labute approximate surface area is 209 Å². The lowest BCUT2D eigenvalue weighted by Gasteiger charge is -2.18. The van der Waals surface area contributed by atoms with Crippen molar-refractivity contribution in [2.24, 2.45) is 5.92 Å². The van der Waals surface area contributed by atoms with Crippen molar-refractivity contribution in [3.8, 4) is 17.0 Å². The molecule has 1 aromatic heterocycles. The lowest BCUT2D eigenvalue weighted by molar-refractivity contribution is -0.274. The second kappa shape index (κ2) is 11.5. The second-order valence-electron chi connectivity index (χ2n) is 8.00. The molecule has 0 spiro atoms. The minimum Gasteiger partial charge on any atom is -0.467 e. The summed E-state index contributed by atoms with van der Waals surface area (Å²) in [6.45, 7) is 3.50. The molecule has 0 aliphatic heterocycles. The number of benzene rings is 2. The van der Waals surface area contributed by atoms with Crippen molar-refractivity contribution >= 4 is 29.3 Å². The van der Waals surface area contributed by atoms with Gasteiger partial charge in [-0.1, -0.05) is 43.3 Å². The molecule has 3 amide bonds. The topological polar surface area (TPSA) is 132 Å². The Hall–Kier alpha value is -4.55. The van der Waals surface area contributed by atoms with Gasteiger partial charge in [0.25, 0.3) is 5.91 Å². The Balaban J connectivity index is 1.63. The van der Waals surface area contributed by atoms with E-state index in [0.29, 0.717) is 16.9 Å². The summed E-state index contributed by atoms with van der Waals surface area (Å²) in [6.07, 6.45) is -4.91. The normalized spacial score (nSPS) is 12.0. The van der Waals surface area contributed by atoms with Crippen LogP contribution in [-0.2, 0) is 9.53 Å². The number of para-hydroxylation sites is 2. The van der Waals surface area contributed by atoms with Crippen LogP contribution in [-0.4, -0.2) is 42.6 Å². The number of nitrogens with one attached hydrogen (secondary N) is 3. The summed E-state index contributed by atoms with van der Waals surface area (Å²) >= 11 is 0. The van der Waals surface area contributed by atoms with Crippen LogP contribution in [0.1, 0.15) is 24.4 Å². The predicted octanol–water partition coefficient (Wildman–Crippen LogP) is 4.81. The van der Waals surface area contributed by atoms with Gasteiger partial charge >= 0.3 is 18.4 Å². The smallest absolute Gasteiger partial charge is 0.467 e. The molecule has 37 heavy (non-hydrogen) atoms. The van der Waals surface area contributed by atoms with E-state index in [-0.39, 0.29) is 17.4 Å². The molecule has 13 heteroatoms. The first-order chi connectivity index (χ1) is 17.5. The molecule has 0 saturated heterocycles. The van der Waals surface area contributed by atoms with E-state index < -0.39 is 36.1 Å². The minimum atomic E-state index is -4.91. The van der Waals surface area contributed by atoms with Crippen LogP contribution in [0.15, 0.2) is 59.1 Å². The maximum absolute atomic E-state index is 12.6. The van der Waals surface area contributed by atoms with Crippen LogP contribution in [0, 0.1) is 5.92 Å². The molecule has 3 N–H and O–H groups in total. The van der Waals surface area contributed by atoms with Crippen LogP contribution < -0.4 is 20.7 Å². The van der Waals surface area contributed by atoms with Gasteiger partial charge in [0.05, 0.1) is 12.8 Å². The third-order valence-corrected chi connectivity index (χ3v) is 4.94. The van der Waals surface area contributed by atoms with Crippen molar-refractivity contribution < 1.29 is 41.6 Å². The zero-order chi connectivity index (χ0) is 27.2. The molecule has 0 aliphatic carbocycles. The van der Waals surface area contributed by atoms with E-state index in [1.165, 1.54) is 43.5 Å². The summed E-state index contributed by atoms with van der Waals surface area (Å²) in [7, 11) is 1.22. The molecular weight excluding hydrogens is 497 g/mol. The van der Waals surface area contributed by atoms with Crippen molar-refractivity contribution in [3.05, 3.63) is 60.4 Å². The third kappa shape index (κ3) is 7.46. The van der Waals surface area contributed by atoms with E-state index in [0.717, 1.165) is 6.07 Å². The standard InChI is InChI=1S/C24H23F3N4O6/c1-13(2)20(22(33)35-3)30-21(32)19-12-17(31-37-19)14-8-10-15(11-9-14)28-23(34)29-16-6-4-5-7-18(16)36-24(25,26)27/h4-13,20H,1-3H3,(H,30,32)(H2,28,29,34)/t20-/m0/s1. The predicted molar refractivity (Wildman–Crippen MR) is 126 cm³/mol. The summed E-state index contributed by atoms with van der Waals surface area (Å²) < 4.78 is 51.4. The van der Waals surface area contributed by atoms with E-state index in [4.69, 9.17) is 9.26 Å². The van der Waals surface area contributed by atoms with Gasteiger partial charge in [-0.3, -0.25) is 4.79 Å². The maximum Gasteiger partial charge on any atom is 0.573 e. The highest BCUT2D eigenvalue weighted by Gasteiger charge is 2.32. The number of hydrogen-bond donors (Lipinski definition) is 3. The number of amides is 3. The summed E-state index contributed by atoms with van der Waals surface area (Å²) in [5.74, 6) is -2.13. The van der Waals surface area contributed by atoms with Gasteiger partial charge in [-0.25, -0.2) is 9.59 Å². The van der Waals surface area contributed by atoms with Gasteiger partial charge in [-0.2, -0.15) is 0 Å². The van der Waals surface area contributed by atoms with E-state index in [2.05, 4.69) is 25.8 Å². The summed E-state index contributed by atoms with van der Waals surface area (Å²) in [6, 6.07) is 11.0. The molecular formula is C24H23F3N4O6. The van der Waals surface area contributed by atoms with Crippen LogP contribution in [0.5, 0.6) is 5.75 Å². The van der Waals surface area contributed by atoms with Crippen LogP contribution in [0.25, 0.3) is 11.3 Å². The van der Waals surface area contributed by atoms with Crippen LogP contribution in [0.4, 0.5) is 29.3 Å². The largest absolute Gasteiger partial charge is 0.573 e. The van der Waals surface area contributed by atoms with E-state index in [1.807, 2.05) is 0 Å². The molecule has 0 radical (unpaired) electrons. The lowest BCUT2D eigenvalue weighted by atomic mass is 10.0. The highest BCUT2D eigenvalue weighted by Crippen LogP contribution is 2.30. The van der Waals surface area contributed by atoms with Crippen LogP contribution in [0.3, 0.4) is 0 Å².